The Kier molecular flexibility index (Phi) is 5.24. The highest BCUT2D eigenvalue weighted by molar-refractivity contribution is 5.67. The number of hydrogen-bond acceptors (Lipinski definition) is 7. The number of ether oxygens (including phenoxy) is 1. The van der Waals surface area contributed by atoms with Gasteiger partial charge in [0.05, 0.1) is 37.0 Å². The van der Waals surface area contributed by atoms with Crippen LogP contribution in [0.15, 0.2) is 67.1 Å². The first-order valence-electron chi connectivity index (χ1n) is 9.95. The summed E-state index contributed by atoms with van der Waals surface area (Å²) in [5.41, 5.74) is 3.90. The third-order valence-corrected chi connectivity index (χ3v) is 5.02. The van der Waals surface area contributed by atoms with Crippen LogP contribution in [-0.2, 0) is 4.74 Å². The van der Waals surface area contributed by atoms with Gasteiger partial charge in [-0.2, -0.15) is 0 Å². The minimum atomic E-state index is -0.296. The molecule has 0 aliphatic carbocycles. The van der Waals surface area contributed by atoms with Crippen LogP contribution in [0, 0.1) is 5.82 Å². The maximum Gasteiger partial charge on any atom is 0.227 e. The molecule has 0 bridgehead atoms. The van der Waals surface area contributed by atoms with Crippen LogP contribution in [0.25, 0.3) is 16.9 Å². The summed E-state index contributed by atoms with van der Waals surface area (Å²) in [5, 5.41) is 11.0. The summed E-state index contributed by atoms with van der Waals surface area (Å²) in [6, 6.07) is 14.4. The van der Waals surface area contributed by atoms with Crippen molar-refractivity contribution >= 4 is 17.3 Å². The predicted octanol–water partition coefficient (Wildman–Crippen LogP) is 3.44. The topological polar surface area (TPSA) is 81.0 Å². The van der Waals surface area contributed by atoms with Gasteiger partial charge in [-0.3, -0.25) is 0 Å². The second-order valence-corrected chi connectivity index (χ2v) is 7.08. The highest BCUT2D eigenvalue weighted by atomic mass is 19.1. The summed E-state index contributed by atoms with van der Waals surface area (Å²) < 4.78 is 21.4. The van der Waals surface area contributed by atoms with Crippen LogP contribution >= 0.6 is 0 Å². The van der Waals surface area contributed by atoms with Crippen molar-refractivity contribution in [1.29, 1.82) is 0 Å². The number of hydrogen-bond donors (Lipinski definition) is 1. The van der Waals surface area contributed by atoms with E-state index in [0.717, 1.165) is 30.2 Å². The van der Waals surface area contributed by atoms with Crippen LogP contribution in [-0.4, -0.2) is 51.3 Å². The highest BCUT2D eigenvalue weighted by Crippen LogP contribution is 2.27. The zero-order chi connectivity index (χ0) is 21.0. The molecule has 2 aromatic carbocycles. The van der Waals surface area contributed by atoms with Crippen LogP contribution < -0.4 is 10.2 Å². The van der Waals surface area contributed by atoms with E-state index in [1.54, 1.807) is 35.4 Å². The van der Waals surface area contributed by atoms with Gasteiger partial charge in [-0.15, -0.1) is 5.10 Å². The minimum absolute atomic E-state index is 0.296. The quantitative estimate of drug-likeness (QED) is 0.533. The molecule has 0 radical (unpaired) electrons. The molecule has 2 aromatic heterocycles. The standard InChI is InChI=1S/C22H20FN7O/c23-17-13-16(14-20(15-17)29-9-11-31-12-10-29)21-5-6-24-22(27-21)26-18-1-3-19(4-2-18)30-8-7-25-28-30/h1-8,13-15H,9-12H2,(H,24,26,27). The lowest BCUT2D eigenvalue weighted by Gasteiger charge is -2.29. The van der Waals surface area contributed by atoms with Crippen LogP contribution in [0.5, 0.6) is 0 Å². The van der Waals surface area contributed by atoms with Gasteiger partial charge < -0.3 is 15.0 Å². The number of halogens is 1. The molecule has 8 nitrogen and oxygen atoms in total. The Morgan fingerprint density at radius 3 is 2.55 bits per heavy atom. The fourth-order valence-corrected chi connectivity index (χ4v) is 3.48. The van der Waals surface area contributed by atoms with Crippen LogP contribution in [0.3, 0.4) is 0 Å². The SMILES string of the molecule is Fc1cc(-c2ccnc(Nc3ccc(-n4ccnn4)cc3)n2)cc(N2CCOCC2)c1. The number of nitrogens with zero attached hydrogens (tertiary/aromatic N) is 6. The van der Waals surface area contributed by atoms with E-state index in [1.165, 1.54) is 6.07 Å². The smallest absolute Gasteiger partial charge is 0.227 e. The highest BCUT2D eigenvalue weighted by Gasteiger charge is 2.14. The molecule has 0 atom stereocenters. The molecule has 1 fully saturated rings. The van der Waals surface area contributed by atoms with Crippen molar-refractivity contribution in [1.82, 2.24) is 25.0 Å². The largest absolute Gasteiger partial charge is 0.378 e. The van der Waals surface area contributed by atoms with Crippen molar-refractivity contribution in [3.05, 3.63) is 72.9 Å². The maximum atomic E-state index is 14.3. The molecular weight excluding hydrogens is 397 g/mol. The summed E-state index contributed by atoms with van der Waals surface area (Å²) in [6.07, 6.45) is 5.06. The Labute approximate surface area is 178 Å². The molecular formula is C22H20FN7O. The molecule has 3 heterocycles. The second-order valence-electron chi connectivity index (χ2n) is 7.08. The second kappa shape index (κ2) is 8.49. The van der Waals surface area contributed by atoms with Crippen molar-refractivity contribution in [2.24, 2.45) is 0 Å². The monoisotopic (exact) mass is 417 g/mol. The first kappa shape index (κ1) is 19.1. The fraction of sp³-hybridized carbons (Fsp3) is 0.182. The maximum absolute atomic E-state index is 14.3. The van der Waals surface area contributed by atoms with E-state index in [9.17, 15) is 4.39 Å². The van der Waals surface area contributed by atoms with Crippen molar-refractivity contribution in [2.45, 2.75) is 0 Å². The van der Waals surface area contributed by atoms with E-state index >= 15 is 0 Å². The lowest BCUT2D eigenvalue weighted by atomic mass is 10.1. The van der Waals surface area contributed by atoms with Gasteiger partial charge >= 0.3 is 0 Å². The van der Waals surface area contributed by atoms with Gasteiger partial charge in [0.15, 0.2) is 0 Å². The Balaban J connectivity index is 1.37. The zero-order valence-corrected chi connectivity index (χ0v) is 16.6. The molecule has 0 unspecified atom stereocenters. The van der Waals surface area contributed by atoms with Gasteiger partial charge in [0.1, 0.15) is 5.82 Å². The molecule has 9 heteroatoms. The number of morpholine rings is 1. The van der Waals surface area contributed by atoms with Crippen LogP contribution in [0.2, 0.25) is 0 Å². The van der Waals surface area contributed by atoms with Crippen molar-refractivity contribution in [2.75, 3.05) is 36.5 Å². The minimum Gasteiger partial charge on any atom is -0.378 e. The van der Waals surface area contributed by atoms with Gasteiger partial charge in [-0.1, -0.05) is 5.21 Å². The van der Waals surface area contributed by atoms with E-state index in [0.29, 0.717) is 30.4 Å². The number of anilines is 3. The summed E-state index contributed by atoms with van der Waals surface area (Å²) in [4.78, 5) is 11.0. The molecule has 156 valence electrons. The normalized spacial score (nSPS) is 13.9. The summed E-state index contributed by atoms with van der Waals surface area (Å²) in [5.74, 6) is 0.138. The van der Waals surface area contributed by atoms with Crippen LogP contribution in [0.4, 0.5) is 21.7 Å². The van der Waals surface area contributed by atoms with Crippen molar-refractivity contribution in [3.63, 3.8) is 0 Å². The van der Waals surface area contributed by atoms with Gasteiger partial charge in [0.2, 0.25) is 5.95 Å². The summed E-state index contributed by atoms with van der Waals surface area (Å²) in [6.45, 7) is 2.76. The third-order valence-electron chi connectivity index (χ3n) is 5.02. The Morgan fingerprint density at radius 2 is 1.77 bits per heavy atom. The van der Waals surface area contributed by atoms with Gasteiger partial charge in [-0.05, 0) is 48.5 Å². The Bertz CT molecular complexity index is 1160. The van der Waals surface area contributed by atoms with E-state index in [1.807, 2.05) is 30.3 Å². The van der Waals surface area contributed by atoms with E-state index < -0.39 is 0 Å². The van der Waals surface area contributed by atoms with Gasteiger partial charge in [0, 0.05) is 36.2 Å². The van der Waals surface area contributed by atoms with Gasteiger partial charge in [0.25, 0.3) is 0 Å². The lowest BCUT2D eigenvalue weighted by molar-refractivity contribution is 0.122. The third kappa shape index (κ3) is 4.36. The molecule has 1 saturated heterocycles. The predicted molar refractivity (Wildman–Crippen MR) is 115 cm³/mol. The lowest BCUT2D eigenvalue weighted by Crippen LogP contribution is -2.36. The van der Waals surface area contributed by atoms with Gasteiger partial charge in [-0.25, -0.2) is 19.0 Å². The average Bonchev–Trinajstić information content (AvgIpc) is 3.35. The van der Waals surface area contributed by atoms with E-state index in [4.69, 9.17) is 4.74 Å². The average molecular weight is 417 g/mol. The first-order valence-corrected chi connectivity index (χ1v) is 9.95. The number of benzene rings is 2. The number of nitrogens with one attached hydrogen (secondary N) is 1. The Hall–Kier alpha value is -3.85. The summed E-state index contributed by atoms with van der Waals surface area (Å²) in [7, 11) is 0. The molecule has 1 aliphatic rings. The Morgan fingerprint density at radius 1 is 0.935 bits per heavy atom. The molecule has 0 saturated carbocycles. The molecule has 0 spiro atoms. The number of rotatable bonds is 5. The molecule has 0 amide bonds. The number of aromatic nitrogens is 5. The van der Waals surface area contributed by atoms with E-state index in [2.05, 4.69) is 30.5 Å². The molecule has 1 aliphatic heterocycles. The molecule has 4 aromatic rings. The van der Waals surface area contributed by atoms with Crippen molar-refractivity contribution in [3.8, 4) is 16.9 Å². The van der Waals surface area contributed by atoms with Crippen LogP contribution in [0.1, 0.15) is 0 Å². The van der Waals surface area contributed by atoms with E-state index in [-0.39, 0.29) is 5.82 Å². The summed E-state index contributed by atoms with van der Waals surface area (Å²) >= 11 is 0. The van der Waals surface area contributed by atoms with Crippen molar-refractivity contribution < 1.29 is 9.13 Å². The fourth-order valence-electron chi connectivity index (χ4n) is 3.48. The zero-order valence-electron chi connectivity index (χ0n) is 16.6. The first-order chi connectivity index (χ1) is 15.2. The molecule has 1 N–H and O–H groups in total. The molecule has 31 heavy (non-hydrogen) atoms. The molecule has 5 rings (SSSR count).